The zero-order chi connectivity index (χ0) is 32.1. The van der Waals surface area contributed by atoms with Gasteiger partial charge in [-0.25, -0.2) is 13.2 Å². The van der Waals surface area contributed by atoms with Crippen LogP contribution in [0.2, 0.25) is 0 Å². The molecule has 0 atom stereocenters. The Kier molecular flexibility index (Phi) is 40.2. The molecule has 0 aromatic heterocycles. The zero-order valence-corrected chi connectivity index (χ0v) is 34.2. The van der Waals surface area contributed by atoms with E-state index in [2.05, 4.69) is 0 Å². The van der Waals surface area contributed by atoms with E-state index in [1.807, 2.05) is 0 Å². The molecule has 13 heteroatoms. The second-order valence-electron chi connectivity index (χ2n) is 9.64. The van der Waals surface area contributed by atoms with Crippen LogP contribution in [0.4, 0.5) is 13.2 Å². The fourth-order valence-corrected chi connectivity index (χ4v) is 3.35. The summed E-state index contributed by atoms with van der Waals surface area (Å²) in [5.41, 5.74) is 0. The summed E-state index contributed by atoms with van der Waals surface area (Å²) in [6, 6.07) is 14.0. The minimum Gasteiger partial charge on any atom is -0.872 e. The first kappa shape index (κ1) is 51.1. The summed E-state index contributed by atoms with van der Waals surface area (Å²) < 4.78 is 55.6. The van der Waals surface area contributed by atoms with Gasteiger partial charge >= 0.3 is 88.7 Å². The van der Waals surface area contributed by atoms with Crippen LogP contribution < -0.4 is 104 Å². The van der Waals surface area contributed by atoms with Gasteiger partial charge in [0, 0.05) is 52.9 Å². The van der Waals surface area contributed by atoms with Gasteiger partial charge in [0.15, 0.2) is 0 Å². The molecule has 0 amide bonds. The van der Waals surface area contributed by atoms with Crippen molar-refractivity contribution in [2.45, 2.75) is 51.4 Å². The van der Waals surface area contributed by atoms with Gasteiger partial charge in [0.2, 0.25) is 0 Å². The molecule has 0 spiro atoms. The van der Waals surface area contributed by atoms with E-state index in [9.17, 15) is 28.5 Å². The van der Waals surface area contributed by atoms with Crippen LogP contribution >= 0.6 is 0 Å². The maximum absolute atomic E-state index is 11.9. The normalized spacial score (nSPS) is 14.9. The van der Waals surface area contributed by atoms with Crippen LogP contribution in [0.25, 0.3) is 0 Å². The number of hydrogen-bond donors (Lipinski definition) is 0. The van der Waals surface area contributed by atoms with Crippen LogP contribution in [-0.4, -0.2) is 52.9 Å². The SMILES string of the molecule is C1CCOC1.C1CCOC1.C1CCOC1.C1CCOC1.[Na+].[Na+].[Na+].[O-]c1ccc(F)cc1.[O-]c1ccc(F)cc1.[O-]c1ccc(F)cc1. The van der Waals surface area contributed by atoms with Gasteiger partial charge in [-0.05, 0) is 87.8 Å². The summed E-state index contributed by atoms with van der Waals surface area (Å²) in [7, 11) is 0. The quantitative estimate of drug-likeness (QED) is 0.230. The predicted octanol–water partition coefficient (Wildman–Crippen LogP) is -3.10. The number of rotatable bonds is 0. The Hall–Kier alpha value is -0.310. The van der Waals surface area contributed by atoms with E-state index < -0.39 is 0 Å². The van der Waals surface area contributed by atoms with E-state index in [1.165, 1.54) is 87.8 Å². The molecule has 4 saturated heterocycles. The molecule has 0 aliphatic carbocycles. The van der Waals surface area contributed by atoms with Crippen LogP contribution in [-0.2, 0) is 18.9 Å². The average molecular weight is 691 g/mol. The number of ether oxygens (including phenoxy) is 4. The summed E-state index contributed by atoms with van der Waals surface area (Å²) in [5, 5.41) is 30.8. The fourth-order valence-electron chi connectivity index (χ4n) is 3.35. The number of hydrogen-bond acceptors (Lipinski definition) is 7. The molecule has 3 aromatic rings. The van der Waals surface area contributed by atoms with Gasteiger partial charge in [-0.2, -0.15) is 0 Å². The van der Waals surface area contributed by atoms with Crippen molar-refractivity contribution >= 4 is 0 Å². The minimum atomic E-state index is -0.371. The third-order valence-electron chi connectivity index (χ3n) is 5.75. The van der Waals surface area contributed by atoms with Gasteiger partial charge in [0.1, 0.15) is 17.5 Å². The van der Waals surface area contributed by atoms with E-state index in [1.54, 1.807) is 0 Å². The molecule has 0 unspecified atom stereocenters. The Morgan fingerprint density at radius 3 is 0.553 bits per heavy atom. The van der Waals surface area contributed by atoms with Gasteiger partial charge in [-0.3, -0.25) is 0 Å². The van der Waals surface area contributed by atoms with Crippen LogP contribution in [0.3, 0.4) is 0 Å². The summed E-state index contributed by atoms with van der Waals surface area (Å²) >= 11 is 0. The smallest absolute Gasteiger partial charge is 0.872 e. The van der Waals surface area contributed by atoms with Gasteiger partial charge in [0.25, 0.3) is 0 Å². The molecule has 4 fully saturated rings. The Morgan fingerprint density at radius 2 is 0.468 bits per heavy atom. The van der Waals surface area contributed by atoms with Crippen molar-refractivity contribution in [1.29, 1.82) is 0 Å². The molecule has 246 valence electrons. The Morgan fingerprint density at radius 1 is 0.319 bits per heavy atom. The zero-order valence-electron chi connectivity index (χ0n) is 28.2. The van der Waals surface area contributed by atoms with Crippen molar-refractivity contribution in [1.82, 2.24) is 0 Å². The molecular weight excluding hydrogens is 646 g/mol. The third-order valence-corrected chi connectivity index (χ3v) is 5.75. The number of benzene rings is 3. The Balaban J connectivity index is -0.000000480. The van der Waals surface area contributed by atoms with Crippen LogP contribution in [0.15, 0.2) is 72.8 Å². The van der Waals surface area contributed by atoms with Crippen molar-refractivity contribution in [2.75, 3.05) is 52.9 Å². The van der Waals surface area contributed by atoms with Crippen molar-refractivity contribution < 1.29 is 136 Å². The molecule has 0 N–H and O–H groups in total. The molecule has 7 rings (SSSR count). The van der Waals surface area contributed by atoms with Crippen molar-refractivity contribution in [3.63, 3.8) is 0 Å². The molecule has 3 aromatic carbocycles. The molecular formula is C34H44F3Na3O7. The molecule has 4 heterocycles. The molecule has 0 bridgehead atoms. The Bertz CT molecular complexity index is 799. The maximum atomic E-state index is 11.9. The van der Waals surface area contributed by atoms with Crippen LogP contribution in [0.5, 0.6) is 17.2 Å². The first-order valence-corrected chi connectivity index (χ1v) is 15.0. The van der Waals surface area contributed by atoms with E-state index in [0.717, 1.165) is 89.3 Å². The van der Waals surface area contributed by atoms with E-state index >= 15 is 0 Å². The standard InChI is InChI=1S/3C6H5FO.4C4H8O.3Na/c3*7-5-1-3-6(8)4-2-5;4*1-2-4-5-3-1;;;/h3*1-4,8H;4*1-4H2;;;/q;;;;;;;3*+1/p-3. The van der Waals surface area contributed by atoms with E-state index in [-0.39, 0.29) is 123 Å². The van der Waals surface area contributed by atoms with E-state index in [0.29, 0.717) is 0 Å². The molecule has 0 saturated carbocycles. The predicted molar refractivity (Wildman–Crippen MR) is 158 cm³/mol. The first-order chi connectivity index (χ1) is 21.4. The van der Waals surface area contributed by atoms with Gasteiger partial charge in [0.05, 0.1) is 0 Å². The van der Waals surface area contributed by atoms with Crippen LogP contribution in [0, 0.1) is 17.5 Å². The van der Waals surface area contributed by atoms with E-state index in [4.69, 9.17) is 18.9 Å². The van der Waals surface area contributed by atoms with Crippen molar-refractivity contribution in [3.8, 4) is 17.2 Å². The third kappa shape index (κ3) is 35.3. The fraction of sp³-hybridized carbons (Fsp3) is 0.471. The van der Waals surface area contributed by atoms with Gasteiger partial charge in [-0.15, -0.1) is 17.2 Å². The topological polar surface area (TPSA) is 106 Å². The summed E-state index contributed by atoms with van der Waals surface area (Å²) in [5.74, 6) is -1.59. The summed E-state index contributed by atoms with van der Waals surface area (Å²) in [4.78, 5) is 0. The molecule has 4 aliphatic heterocycles. The minimum absolute atomic E-state index is 0. The molecule has 7 nitrogen and oxygen atoms in total. The monoisotopic (exact) mass is 690 g/mol. The molecule has 47 heavy (non-hydrogen) atoms. The van der Waals surface area contributed by atoms with Crippen molar-refractivity contribution in [3.05, 3.63) is 90.2 Å². The van der Waals surface area contributed by atoms with Crippen LogP contribution in [0.1, 0.15) is 51.4 Å². The molecule has 0 radical (unpaired) electrons. The summed E-state index contributed by atoms with van der Waals surface area (Å²) in [6.45, 7) is 8.00. The second kappa shape index (κ2) is 37.0. The Labute approximate surface area is 344 Å². The van der Waals surface area contributed by atoms with Gasteiger partial charge < -0.3 is 34.3 Å². The molecule has 4 aliphatic rings. The largest absolute Gasteiger partial charge is 1.00 e. The average Bonchev–Trinajstić information content (AvgIpc) is 3.89. The van der Waals surface area contributed by atoms with Gasteiger partial charge in [-0.1, -0.05) is 36.4 Å². The van der Waals surface area contributed by atoms with Crippen molar-refractivity contribution in [2.24, 2.45) is 0 Å². The maximum Gasteiger partial charge on any atom is 1.00 e. The number of halogens is 3. The summed E-state index contributed by atoms with van der Waals surface area (Å²) in [6.07, 6.45) is 10.2. The first-order valence-electron chi connectivity index (χ1n) is 15.0. The second-order valence-corrected chi connectivity index (χ2v) is 9.64.